The number of ether oxygens (including phenoxy) is 2. The first-order valence-electron chi connectivity index (χ1n) is 9.86. The molecule has 1 aliphatic carbocycles. The minimum absolute atomic E-state index is 0.0493. The molecule has 156 valence electrons. The van der Waals surface area contributed by atoms with Gasteiger partial charge in [0.15, 0.2) is 0 Å². The van der Waals surface area contributed by atoms with Crippen molar-refractivity contribution in [1.82, 2.24) is 14.8 Å². The number of methoxy groups -OCH3 is 2. The Labute approximate surface area is 173 Å². The van der Waals surface area contributed by atoms with Crippen molar-refractivity contribution in [2.75, 3.05) is 48.5 Å². The van der Waals surface area contributed by atoms with Gasteiger partial charge < -0.3 is 19.3 Å². The third kappa shape index (κ3) is 4.34. The lowest BCUT2D eigenvalue weighted by molar-refractivity contribution is -0.105. The van der Waals surface area contributed by atoms with E-state index in [2.05, 4.69) is 49.2 Å². The summed E-state index contributed by atoms with van der Waals surface area (Å²) in [6.07, 6.45) is 7.12. The average Bonchev–Trinajstić information content (AvgIpc) is 2.98. The van der Waals surface area contributed by atoms with E-state index >= 15 is 0 Å². The monoisotopic (exact) mass is 397 g/mol. The number of carbonyl (C=O) groups is 1. The number of nitrogens with zero attached hydrogens (tertiary/aromatic N) is 3. The minimum atomic E-state index is 0.0493. The number of pyridine rings is 1. The smallest absolute Gasteiger partial charge is 0.148 e. The van der Waals surface area contributed by atoms with E-state index in [-0.39, 0.29) is 12.0 Å². The molecular weight excluding hydrogens is 366 g/mol. The SMILES string of the molecule is COC/C(C=O)=C(C)/C=C1/c2nc3c(cc2CN1C)C(CN(C)C)C(OC)C=C3. The zero-order valence-corrected chi connectivity index (χ0v) is 18.2. The molecule has 0 saturated carbocycles. The third-order valence-corrected chi connectivity index (χ3v) is 5.60. The van der Waals surface area contributed by atoms with Gasteiger partial charge in [-0.25, -0.2) is 4.98 Å². The molecule has 2 unspecified atom stereocenters. The maximum atomic E-state index is 11.4. The van der Waals surface area contributed by atoms with Crippen molar-refractivity contribution in [3.63, 3.8) is 0 Å². The van der Waals surface area contributed by atoms with Crippen LogP contribution in [-0.4, -0.2) is 75.7 Å². The molecule has 6 nitrogen and oxygen atoms in total. The number of hydrogen-bond acceptors (Lipinski definition) is 6. The number of allylic oxidation sites excluding steroid dienone is 2. The second-order valence-electron chi connectivity index (χ2n) is 8.04. The Morgan fingerprint density at radius 3 is 2.76 bits per heavy atom. The molecule has 1 aromatic heterocycles. The maximum Gasteiger partial charge on any atom is 0.148 e. The number of aldehydes is 1. The minimum Gasteiger partial charge on any atom is -0.380 e. The van der Waals surface area contributed by atoms with Crippen LogP contribution in [0.5, 0.6) is 0 Å². The summed E-state index contributed by atoms with van der Waals surface area (Å²) in [5.41, 5.74) is 7.00. The number of rotatable bonds is 7. The van der Waals surface area contributed by atoms with Crippen molar-refractivity contribution < 1.29 is 14.3 Å². The fraction of sp³-hybridized carbons (Fsp3) is 0.478. The lowest BCUT2D eigenvalue weighted by Gasteiger charge is -2.31. The molecular formula is C23H31N3O3. The summed E-state index contributed by atoms with van der Waals surface area (Å²) < 4.78 is 10.9. The van der Waals surface area contributed by atoms with Crippen LogP contribution >= 0.6 is 0 Å². The molecule has 29 heavy (non-hydrogen) atoms. The molecule has 3 rings (SSSR count). The van der Waals surface area contributed by atoms with E-state index < -0.39 is 0 Å². The number of likely N-dealkylation sites (N-methyl/N-ethyl adjacent to an activating group) is 1. The van der Waals surface area contributed by atoms with Gasteiger partial charge in [0, 0.05) is 45.8 Å². The highest BCUT2D eigenvalue weighted by Gasteiger charge is 2.31. The van der Waals surface area contributed by atoms with Crippen molar-refractivity contribution >= 4 is 18.1 Å². The Morgan fingerprint density at radius 1 is 1.38 bits per heavy atom. The first kappa shape index (κ1) is 21.4. The fourth-order valence-electron chi connectivity index (χ4n) is 4.09. The predicted octanol–water partition coefficient (Wildman–Crippen LogP) is 2.72. The topological polar surface area (TPSA) is 54.9 Å². The summed E-state index contributed by atoms with van der Waals surface area (Å²) in [4.78, 5) is 20.8. The quantitative estimate of drug-likeness (QED) is 0.521. The van der Waals surface area contributed by atoms with Crippen molar-refractivity contribution in [2.45, 2.75) is 25.5 Å². The van der Waals surface area contributed by atoms with Gasteiger partial charge in [0.2, 0.25) is 0 Å². The van der Waals surface area contributed by atoms with Crippen LogP contribution in [0.3, 0.4) is 0 Å². The summed E-state index contributed by atoms with van der Waals surface area (Å²) >= 11 is 0. The zero-order chi connectivity index (χ0) is 21.1. The van der Waals surface area contributed by atoms with Crippen molar-refractivity contribution in [3.8, 4) is 0 Å². The van der Waals surface area contributed by atoms with E-state index in [9.17, 15) is 4.79 Å². The van der Waals surface area contributed by atoms with Crippen molar-refractivity contribution in [1.29, 1.82) is 0 Å². The second kappa shape index (κ2) is 9.03. The lowest BCUT2D eigenvalue weighted by Crippen LogP contribution is -2.32. The van der Waals surface area contributed by atoms with Crippen molar-refractivity contribution in [3.05, 3.63) is 51.9 Å². The fourth-order valence-corrected chi connectivity index (χ4v) is 4.09. The normalized spacial score (nSPS) is 22.7. The zero-order valence-electron chi connectivity index (χ0n) is 18.2. The highest BCUT2D eigenvalue weighted by molar-refractivity contribution is 5.79. The predicted molar refractivity (Wildman–Crippen MR) is 115 cm³/mol. The standard InChI is InChI=1S/C23H31N3O3/c1-15(17(13-27)14-28-5)9-21-23-16(11-26(21)4)10-18-19(12-25(2)3)22(29-6)8-7-20(18)24-23/h7-10,13,19,22H,11-12,14H2,1-6H3/b17-15+,21-9-. The van der Waals surface area contributed by atoms with E-state index in [1.807, 2.05) is 13.0 Å². The Kier molecular flexibility index (Phi) is 6.67. The summed E-state index contributed by atoms with van der Waals surface area (Å²) in [6, 6.07) is 2.29. The van der Waals surface area contributed by atoms with E-state index in [1.54, 1.807) is 14.2 Å². The van der Waals surface area contributed by atoms with Gasteiger partial charge in [0.1, 0.15) is 6.29 Å². The molecule has 0 radical (unpaired) electrons. The lowest BCUT2D eigenvalue weighted by atomic mass is 9.86. The van der Waals surface area contributed by atoms with Gasteiger partial charge >= 0.3 is 0 Å². The number of carbonyl (C=O) groups excluding carboxylic acids is 1. The van der Waals surface area contributed by atoms with Gasteiger partial charge in [-0.05, 0) is 55.9 Å². The molecule has 0 aromatic carbocycles. The molecule has 2 aliphatic rings. The molecule has 0 N–H and O–H groups in total. The molecule has 1 aliphatic heterocycles. The molecule has 6 heteroatoms. The van der Waals surface area contributed by atoms with Gasteiger partial charge in [-0.1, -0.05) is 6.08 Å². The number of aromatic nitrogens is 1. The van der Waals surface area contributed by atoms with Gasteiger partial charge in [-0.15, -0.1) is 0 Å². The molecule has 0 saturated heterocycles. The molecule has 0 fully saturated rings. The molecule has 2 atom stereocenters. The van der Waals surface area contributed by atoms with E-state index in [4.69, 9.17) is 14.5 Å². The van der Waals surface area contributed by atoms with Gasteiger partial charge in [0.05, 0.1) is 29.8 Å². The van der Waals surface area contributed by atoms with Gasteiger partial charge in [-0.3, -0.25) is 4.79 Å². The van der Waals surface area contributed by atoms with Gasteiger partial charge in [-0.2, -0.15) is 0 Å². The first-order valence-corrected chi connectivity index (χ1v) is 9.86. The average molecular weight is 398 g/mol. The second-order valence-corrected chi connectivity index (χ2v) is 8.04. The molecule has 0 spiro atoms. The van der Waals surface area contributed by atoms with Gasteiger partial charge in [0.25, 0.3) is 0 Å². The van der Waals surface area contributed by atoms with Crippen LogP contribution in [0.4, 0.5) is 0 Å². The summed E-state index contributed by atoms with van der Waals surface area (Å²) in [7, 11) is 9.58. The molecule has 0 amide bonds. The molecule has 0 bridgehead atoms. The Balaban J connectivity index is 2.05. The maximum absolute atomic E-state index is 11.4. The summed E-state index contributed by atoms with van der Waals surface area (Å²) in [6.45, 7) is 3.94. The third-order valence-electron chi connectivity index (χ3n) is 5.60. The number of fused-ring (bicyclic) bond motifs is 2. The molecule has 2 heterocycles. The van der Waals surface area contributed by atoms with Crippen LogP contribution < -0.4 is 0 Å². The van der Waals surface area contributed by atoms with Crippen LogP contribution in [0.2, 0.25) is 0 Å². The van der Waals surface area contributed by atoms with Crippen molar-refractivity contribution in [2.24, 2.45) is 0 Å². The highest BCUT2D eigenvalue weighted by atomic mass is 16.5. The largest absolute Gasteiger partial charge is 0.380 e. The Hall–Kier alpha value is -2.28. The van der Waals surface area contributed by atoms with Crippen LogP contribution in [0.25, 0.3) is 11.8 Å². The van der Waals surface area contributed by atoms with E-state index in [0.717, 1.165) is 42.0 Å². The van der Waals surface area contributed by atoms with Crippen LogP contribution in [-0.2, 0) is 20.8 Å². The van der Waals surface area contributed by atoms with Crippen LogP contribution in [0.15, 0.2) is 29.4 Å². The Bertz CT molecular complexity index is 870. The van der Waals surface area contributed by atoms with Crippen LogP contribution in [0, 0.1) is 0 Å². The van der Waals surface area contributed by atoms with E-state index in [0.29, 0.717) is 12.2 Å². The van der Waals surface area contributed by atoms with E-state index in [1.165, 1.54) is 11.1 Å². The molecule has 1 aromatic rings. The first-order chi connectivity index (χ1) is 13.9. The summed E-state index contributed by atoms with van der Waals surface area (Å²) in [5, 5.41) is 0. The number of hydrogen-bond donors (Lipinski definition) is 0. The summed E-state index contributed by atoms with van der Waals surface area (Å²) in [5.74, 6) is 0.246. The highest BCUT2D eigenvalue weighted by Crippen LogP contribution is 2.38. The van der Waals surface area contributed by atoms with Crippen LogP contribution in [0.1, 0.15) is 35.4 Å². The Morgan fingerprint density at radius 2 is 2.14 bits per heavy atom.